The van der Waals surface area contributed by atoms with Crippen molar-refractivity contribution in [3.8, 4) is 0 Å². The molecule has 4 nitrogen and oxygen atoms in total. The van der Waals surface area contributed by atoms with E-state index in [2.05, 4.69) is 17.1 Å². The van der Waals surface area contributed by atoms with Gasteiger partial charge in [0, 0.05) is 18.8 Å². The number of anilines is 1. The molecule has 0 radical (unpaired) electrons. The highest BCUT2D eigenvalue weighted by atomic mass is 16.1. The number of carbonyl (C=O) groups excluding carboxylic acids is 1. The largest absolute Gasteiger partial charge is 0.371 e. The standard InChI is InChI=1S/C16H25N3O/c1-2-3-11-19-12-9-16(10-13-19,15(17)20)18-14-7-5-4-6-8-14/h4-8,18H,2-3,9-13H2,1H3,(H2,17,20). The normalized spacial score (nSPS) is 18.6. The van der Waals surface area contributed by atoms with Gasteiger partial charge in [-0.1, -0.05) is 31.5 Å². The van der Waals surface area contributed by atoms with Crippen LogP contribution in [-0.2, 0) is 4.79 Å². The summed E-state index contributed by atoms with van der Waals surface area (Å²) in [4.78, 5) is 14.4. The zero-order chi connectivity index (χ0) is 14.4. The summed E-state index contributed by atoms with van der Waals surface area (Å²) in [6.07, 6.45) is 3.98. The Bertz CT molecular complexity index is 425. The van der Waals surface area contributed by atoms with Crippen LogP contribution in [0.4, 0.5) is 5.69 Å². The molecule has 1 amide bonds. The van der Waals surface area contributed by atoms with Crippen molar-refractivity contribution < 1.29 is 4.79 Å². The minimum absolute atomic E-state index is 0.239. The number of unbranched alkanes of at least 4 members (excludes halogenated alkanes) is 1. The summed E-state index contributed by atoms with van der Waals surface area (Å²) in [5.74, 6) is -0.239. The molecule has 0 spiro atoms. The van der Waals surface area contributed by atoms with Gasteiger partial charge in [0.25, 0.3) is 0 Å². The number of primary amides is 1. The number of piperidine rings is 1. The van der Waals surface area contributed by atoms with Crippen LogP contribution in [0, 0.1) is 0 Å². The summed E-state index contributed by atoms with van der Waals surface area (Å²) >= 11 is 0. The molecule has 0 saturated carbocycles. The molecular weight excluding hydrogens is 250 g/mol. The van der Waals surface area contributed by atoms with E-state index in [4.69, 9.17) is 5.73 Å². The monoisotopic (exact) mass is 275 g/mol. The van der Waals surface area contributed by atoms with Gasteiger partial charge >= 0.3 is 0 Å². The summed E-state index contributed by atoms with van der Waals surface area (Å²) < 4.78 is 0. The number of rotatable bonds is 6. The predicted molar refractivity (Wildman–Crippen MR) is 82.6 cm³/mol. The lowest BCUT2D eigenvalue weighted by Gasteiger charge is -2.40. The first-order valence-electron chi connectivity index (χ1n) is 7.52. The van der Waals surface area contributed by atoms with Crippen LogP contribution in [-0.4, -0.2) is 36.0 Å². The molecule has 0 aliphatic carbocycles. The molecule has 2 rings (SSSR count). The highest BCUT2D eigenvalue weighted by Gasteiger charge is 2.39. The van der Waals surface area contributed by atoms with E-state index in [1.807, 2.05) is 30.3 Å². The average Bonchev–Trinajstić information content (AvgIpc) is 2.47. The molecule has 3 N–H and O–H groups in total. The number of nitrogens with zero attached hydrogens (tertiary/aromatic N) is 1. The lowest BCUT2D eigenvalue weighted by atomic mass is 9.86. The summed E-state index contributed by atoms with van der Waals surface area (Å²) in [6, 6.07) is 9.86. The minimum atomic E-state index is -0.593. The van der Waals surface area contributed by atoms with E-state index >= 15 is 0 Å². The van der Waals surface area contributed by atoms with Gasteiger partial charge < -0.3 is 16.0 Å². The number of hydrogen-bond acceptors (Lipinski definition) is 3. The SMILES string of the molecule is CCCCN1CCC(Nc2ccccc2)(C(N)=O)CC1. The Morgan fingerprint density at radius 2 is 1.95 bits per heavy atom. The molecule has 1 aliphatic heterocycles. The summed E-state index contributed by atoms with van der Waals surface area (Å²) in [6.45, 7) is 5.19. The van der Waals surface area contributed by atoms with Gasteiger partial charge in [-0.25, -0.2) is 0 Å². The van der Waals surface area contributed by atoms with Crippen molar-refractivity contribution in [3.05, 3.63) is 30.3 Å². The first-order chi connectivity index (χ1) is 9.66. The smallest absolute Gasteiger partial charge is 0.243 e. The number of carbonyl (C=O) groups is 1. The molecule has 1 aliphatic rings. The zero-order valence-electron chi connectivity index (χ0n) is 12.3. The summed E-state index contributed by atoms with van der Waals surface area (Å²) in [7, 11) is 0. The van der Waals surface area contributed by atoms with Crippen LogP contribution in [0.25, 0.3) is 0 Å². The topological polar surface area (TPSA) is 58.4 Å². The zero-order valence-corrected chi connectivity index (χ0v) is 12.3. The quantitative estimate of drug-likeness (QED) is 0.837. The van der Waals surface area contributed by atoms with E-state index in [1.165, 1.54) is 12.8 Å². The number of nitrogens with one attached hydrogen (secondary N) is 1. The molecule has 110 valence electrons. The number of nitrogens with two attached hydrogens (primary N) is 1. The molecule has 1 fully saturated rings. The van der Waals surface area contributed by atoms with Gasteiger partial charge in [0.1, 0.15) is 5.54 Å². The number of hydrogen-bond donors (Lipinski definition) is 2. The van der Waals surface area contributed by atoms with Gasteiger partial charge in [-0.2, -0.15) is 0 Å². The van der Waals surface area contributed by atoms with Crippen molar-refractivity contribution in [1.29, 1.82) is 0 Å². The van der Waals surface area contributed by atoms with Crippen molar-refractivity contribution in [1.82, 2.24) is 4.90 Å². The lowest BCUT2D eigenvalue weighted by Crippen LogP contribution is -2.57. The Morgan fingerprint density at radius 3 is 2.50 bits per heavy atom. The Kier molecular flexibility index (Phi) is 5.01. The second kappa shape index (κ2) is 6.75. The molecule has 1 heterocycles. The minimum Gasteiger partial charge on any atom is -0.371 e. The van der Waals surface area contributed by atoms with E-state index in [0.717, 1.165) is 38.2 Å². The molecular formula is C16H25N3O. The van der Waals surface area contributed by atoms with Gasteiger partial charge in [0.05, 0.1) is 0 Å². The van der Waals surface area contributed by atoms with Crippen LogP contribution in [0.1, 0.15) is 32.6 Å². The molecule has 1 saturated heterocycles. The van der Waals surface area contributed by atoms with E-state index in [0.29, 0.717) is 0 Å². The fourth-order valence-corrected chi connectivity index (χ4v) is 2.77. The summed E-state index contributed by atoms with van der Waals surface area (Å²) in [5, 5.41) is 3.37. The van der Waals surface area contributed by atoms with Crippen molar-refractivity contribution in [3.63, 3.8) is 0 Å². The molecule has 0 atom stereocenters. The maximum atomic E-state index is 11.9. The number of likely N-dealkylation sites (tertiary alicyclic amines) is 1. The van der Waals surface area contributed by atoms with Crippen LogP contribution in [0.15, 0.2) is 30.3 Å². The molecule has 1 aromatic rings. The molecule has 0 unspecified atom stereocenters. The summed E-state index contributed by atoms with van der Waals surface area (Å²) in [5.41, 5.74) is 6.05. The first-order valence-corrected chi connectivity index (χ1v) is 7.52. The van der Waals surface area contributed by atoms with Crippen molar-refractivity contribution >= 4 is 11.6 Å². The molecule has 0 bridgehead atoms. The second-order valence-electron chi connectivity index (χ2n) is 5.63. The number of para-hydroxylation sites is 1. The molecule has 1 aromatic carbocycles. The average molecular weight is 275 g/mol. The van der Waals surface area contributed by atoms with Crippen LogP contribution in [0.5, 0.6) is 0 Å². The molecule has 4 heteroatoms. The van der Waals surface area contributed by atoms with Crippen molar-refractivity contribution in [2.24, 2.45) is 5.73 Å². The number of benzene rings is 1. The van der Waals surface area contributed by atoms with E-state index in [9.17, 15) is 4.79 Å². The van der Waals surface area contributed by atoms with Crippen LogP contribution in [0.2, 0.25) is 0 Å². The lowest BCUT2D eigenvalue weighted by molar-refractivity contribution is -0.123. The Hall–Kier alpha value is -1.55. The van der Waals surface area contributed by atoms with E-state index in [1.54, 1.807) is 0 Å². The third-order valence-electron chi connectivity index (χ3n) is 4.17. The highest BCUT2D eigenvalue weighted by molar-refractivity contribution is 5.88. The fraction of sp³-hybridized carbons (Fsp3) is 0.562. The van der Waals surface area contributed by atoms with Gasteiger partial charge in [0.15, 0.2) is 0 Å². The van der Waals surface area contributed by atoms with Gasteiger partial charge in [-0.05, 0) is 37.9 Å². The van der Waals surface area contributed by atoms with Crippen molar-refractivity contribution in [2.45, 2.75) is 38.1 Å². The molecule has 0 aromatic heterocycles. The third-order valence-corrected chi connectivity index (χ3v) is 4.17. The maximum absolute atomic E-state index is 11.9. The third kappa shape index (κ3) is 3.51. The van der Waals surface area contributed by atoms with Crippen LogP contribution >= 0.6 is 0 Å². The van der Waals surface area contributed by atoms with Crippen LogP contribution < -0.4 is 11.1 Å². The van der Waals surface area contributed by atoms with Gasteiger partial charge in [-0.15, -0.1) is 0 Å². The van der Waals surface area contributed by atoms with E-state index in [-0.39, 0.29) is 5.91 Å². The Morgan fingerprint density at radius 1 is 1.30 bits per heavy atom. The van der Waals surface area contributed by atoms with Gasteiger partial charge in [-0.3, -0.25) is 4.79 Å². The fourth-order valence-electron chi connectivity index (χ4n) is 2.77. The van der Waals surface area contributed by atoms with E-state index < -0.39 is 5.54 Å². The Balaban J connectivity index is 2.00. The highest BCUT2D eigenvalue weighted by Crippen LogP contribution is 2.27. The maximum Gasteiger partial charge on any atom is 0.243 e. The number of amides is 1. The van der Waals surface area contributed by atoms with Crippen molar-refractivity contribution in [2.75, 3.05) is 25.0 Å². The Labute approximate surface area is 121 Å². The predicted octanol–water partition coefficient (Wildman–Crippen LogP) is 2.22. The van der Waals surface area contributed by atoms with Crippen LogP contribution in [0.3, 0.4) is 0 Å². The first kappa shape index (κ1) is 14.9. The van der Waals surface area contributed by atoms with Gasteiger partial charge in [0.2, 0.25) is 5.91 Å². The molecule has 20 heavy (non-hydrogen) atoms. The second-order valence-corrected chi connectivity index (χ2v) is 5.63.